The summed E-state index contributed by atoms with van der Waals surface area (Å²) < 4.78 is 7.31. The van der Waals surface area contributed by atoms with Gasteiger partial charge < -0.3 is 10.1 Å². The first kappa shape index (κ1) is 15.0. The van der Waals surface area contributed by atoms with E-state index in [1.54, 1.807) is 0 Å². The van der Waals surface area contributed by atoms with Crippen LogP contribution in [0.4, 0.5) is 0 Å². The van der Waals surface area contributed by atoms with Gasteiger partial charge in [0.2, 0.25) is 0 Å². The standard InChI is InChI=1S/C16H24BrNOS/c1-2-7-18-15(14-9-13(17)11-20-14)12-4-8-19-16(10-12)5-3-6-16/h9,11-12,15,18H,2-8,10H2,1H3. The van der Waals surface area contributed by atoms with E-state index in [0.717, 1.165) is 19.1 Å². The minimum absolute atomic E-state index is 0.240. The second-order valence-electron chi connectivity index (χ2n) is 6.24. The van der Waals surface area contributed by atoms with E-state index in [0.29, 0.717) is 6.04 Å². The van der Waals surface area contributed by atoms with Crippen molar-refractivity contribution in [1.82, 2.24) is 5.32 Å². The molecule has 4 heteroatoms. The van der Waals surface area contributed by atoms with E-state index < -0.39 is 0 Å². The third kappa shape index (κ3) is 3.13. The summed E-state index contributed by atoms with van der Waals surface area (Å²) in [6, 6.07) is 2.80. The molecule has 2 heterocycles. The molecule has 1 N–H and O–H groups in total. The van der Waals surface area contributed by atoms with Crippen LogP contribution in [0.3, 0.4) is 0 Å². The fourth-order valence-electron chi connectivity index (χ4n) is 3.56. The van der Waals surface area contributed by atoms with Crippen molar-refractivity contribution in [2.75, 3.05) is 13.2 Å². The van der Waals surface area contributed by atoms with Gasteiger partial charge in [0.1, 0.15) is 0 Å². The van der Waals surface area contributed by atoms with Gasteiger partial charge in [-0.2, -0.15) is 0 Å². The molecular weight excluding hydrogens is 334 g/mol. The topological polar surface area (TPSA) is 21.3 Å². The molecule has 1 aromatic heterocycles. The van der Waals surface area contributed by atoms with E-state index in [-0.39, 0.29) is 5.60 Å². The Bertz CT molecular complexity index is 443. The Morgan fingerprint density at radius 3 is 3.00 bits per heavy atom. The zero-order valence-electron chi connectivity index (χ0n) is 12.2. The van der Waals surface area contributed by atoms with E-state index in [1.165, 1.54) is 47.9 Å². The van der Waals surface area contributed by atoms with Crippen molar-refractivity contribution >= 4 is 27.3 Å². The molecule has 3 rings (SSSR count). The van der Waals surface area contributed by atoms with E-state index in [4.69, 9.17) is 4.74 Å². The summed E-state index contributed by atoms with van der Waals surface area (Å²) in [5, 5.41) is 5.99. The van der Waals surface area contributed by atoms with Crippen molar-refractivity contribution in [2.24, 2.45) is 5.92 Å². The normalized spacial score (nSPS) is 26.4. The minimum atomic E-state index is 0.240. The molecule has 0 bridgehead atoms. The lowest BCUT2D eigenvalue weighted by Gasteiger charge is -2.48. The van der Waals surface area contributed by atoms with Gasteiger partial charge in [-0.05, 0) is 73.0 Å². The molecule has 1 aromatic rings. The van der Waals surface area contributed by atoms with Crippen LogP contribution in [0.2, 0.25) is 0 Å². The average molecular weight is 358 g/mol. The summed E-state index contributed by atoms with van der Waals surface area (Å²) in [6.07, 6.45) is 7.53. The SMILES string of the molecule is CCCNC(c1cc(Br)cs1)C1CCOC2(CCC2)C1. The molecule has 2 atom stereocenters. The van der Waals surface area contributed by atoms with Gasteiger partial charge in [-0.25, -0.2) is 0 Å². The summed E-state index contributed by atoms with van der Waals surface area (Å²) in [7, 11) is 0. The molecule has 1 saturated carbocycles. The number of hydrogen-bond acceptors (Lipinski definition) is 3. The number of hydrogen-bond donors (Lipinski definition) is 1. The van der Waals surface area contributed by atoms with Crippen LogP contribution in [-0.4, -0.2) is 18.8 Å². The highest BCUT2D eigenvalue weighted by molar-refractivity contribution is 9.10. The van der Waals surface area contributed by atoms with Crippen LogP contribution in [0.15, 0.2) is 15.9 Å². The zero-order chi connectivity index (χ0) is 14.0. The quantitative estimate of drug-likeness (QED) is 0.808. The smallest absolute Gasteiger partial charge is 0.0686 e. The molecular formula is C16H24BrNOS. The van der Waals surface area contributed by atoms with Crippen LogP contribution >= 0.6 is 27.3 Å². The molecule has 1 saturated heterocycles. The molecule has 1 aliphatic carbocycles. The maximum atomic E-state index is 6.09. The van der Waals surface area contributed by atoms with Crippen molar-refractivity contribution in [3.8, 4) is 0 Å². The number of rotatable bonds is 5. The predicted molar refractivity (Wildman–Crippen MR) is 88.3 cm³/mol. The fourth-order valence-corrected chi connectivity index (χ4v) is 5.17. The molecule has 1 spiro atoms. The van der Waals surface area contributed by atoms with E-state index in [1.807, 2.05) is 11.3 Å². The Morgan fingerprint density at radius 2 is 2.40 bits per heavy atom. The Morgan fingerprint density at radius 1 is 1.55 bits per heavy atom. The average Bonchev–Trinajstić information content (AvgIpc) is 2.84. The summed E-state index contributed by atoms with van der Waals surface area (Å²) in [4.78, 5) is 1.48. The van der Waals surface area contributed by atoms with Gasteiger partial charge in [0.25, 0.3) is 0 Å². The van der Waals surface area contributed by atoms with Gasteiger partial charge in [0, 0.05) is 27.4 Å². The number of ether oxygens (including phenoxy) is 1. The first-order chi connectivity index (χ1) is 9.72. The molecule has 2 aliphatic rings. The highest BCUT2D eigenvalue weighted by Gasteiger charge is 2.44. The summed E-state index contributed by atoms with van der Waals surface area (Å²) in [5.41, 5.74) is 0.240. The third-order valence-corrected chi connectivity index (χ3v) is 6.55. The van der Waals surface area contributed by atoms with Crippen LogP contribution in [0, 0.1) is 5.92 Å². The minimum Gasteiger partial charge on any atom is -0.375 e. The van der Waals surface area contributed by atoms with Crippen molar-refractivity contribution in [3.63, 3.8) is 0 Å². The lowest BCUT2D eigenvalue weighted by Crippen LogP contribution is -2.48. The van der Waals surface area contributed by atoms with Crippen LogP contribution < -0.4 is 5.32 Å². The lowest BCUT2D eigenvalue weighted by atomic mass is 9.70. The summed E-state index contributed by atoms with van der Waals surface area (Å²) in [5.74, 6) is 0.723. The van der Waals surface area contributed by atoms with Gasteiger partial charge >= 0.3 is 0 Å². The van der Waals surface area contributed by atoms with E-state index in [2.05, 4.69) is 39.6 Å². The number of halogens is 1. The first-order valence-corrected chi connectivity index (χ1v) is 9.51. The molecule has 2 unspecified atom stereocenters. The van der Waals surface area contributed by atoms with Crippen LogP contribution in [0.25, 0.3) is 0 Å². The Kier molecular flexibility index (Phi) is 4.86. The third-order valence-electron chi connectivity index (χ3n) is 4.78. The van der Waals surface area contributed by atoms with Gasteiger partial charge in [0.05, 0.1) is 5.60 Å². The molecule has 1 aliphatic heterocycles. The molecule has 2 fully saturated rings. The fraction of sp³-hybridized carbons (Fsp3) is 0.750. The second-order valence-corrected chi connectivity index (χ2v) is 8.10. The summed E-state index contributed by atoms with van der Waals surface area (Å²) in [6.45, 7) is 4.29. The van der Waals surface area contributed by atoms with Crippen LogP contribution in [-0.2, 0) is 4.74 Å². The van der Waals surface area contributed by atoms with Crippen molar-refractivity contribution in [1.29, 1.82) is 0 Å². The van der Waals surface area contributed by atoms with Crippen molar-refractivity contribution < 1.29 is 4.74 Å². The molecule has 0 amide bonds. The second kappa shape index (κ2) is 6.47. The molecule has 0 radical (unpaired) electrons. The van der Waals surface area contributed by atoms with E-state index >= 15 is 0 Å². The number of nitrogens with one attached hydrogen (secondary N) is 1. The highest BCUT2D eigenvalue weighted by Crippen LogP contribution is 2.47. The van der Waals surface area contributed by atoms with Gasteiger partial charge in [-0.15, -0.1) is 11.3 Å². The van der Waals surface area contributed by atoms with Gasteiger partial charge in [0.15, 0.2) is 0 Å². The maximum absolute atomic E-state index is 6.09. The van der Waals surface area contributed by atoms with Crippen LogP contribution in [0.5, 0.6) is 0 Å². The molecule has 20 heavy (non-hydrogen) atoms. The molecule has 0 aromatic carbocycles. The molecule has 2 nitrogen and oxygen atoms in total. The first-order valence-electron chi connectivity index (χ1n) is 7.84. The Balaban J connectivity index is 1.74. The zero-order valence-corrected chi connectivity index (χ0v) is 14.6. The highest BCUT2D eigenvalue weighted by atomic mass is 79.9. The van der Waals surface area contributed by atoms with E-state index in [9.17, 15) is 0 Å². The Labute approximate surface area is 134 Å². The largest absolute Gasteiger partial charge is 0.375 e. The number of thiophene rings is 1. The van der Waals surface area contributed by atoms with Crippen molar-refractivity contribution in [3.05, 3.63) is 20.8 Å². The molecule has 112 valence electrons. The van der Waals surface area contributed by atoms with Crippen LogP contribution in [0.1, 0.15) is 56.4 Å². The van der Waals surface area contributed by atoms with Gasteiger partial charge in [-0.1, -0.05) is 6.92 Å². The van der Waals surface area contributed by atoms with Crippen molar-refractivity contribution in [2.45, 2.75) is 57.1 Å². The monoisotopic (exact) mass is 357 g/mol. The lowest BCUT2D eigenvalue weighted by molar-refractivity contribution is -0.147. The summed E-state index contributed by atoms with van der Waals surface area (Å²) >= 11 is 5.48. The predicted octanol–water partition coefficient (Wildman–Crippen LogP) is 4.90. The maximum Gasteiger partial charge on any atom is 0.0686 e. The van der Waals surface area contributed by atoms with Gasteiger partial charge in [-0.3, -0.25) is 0 Å². The Hall–Kier alpha value is 0.1000.